The third kappa shape index (κ3) is 3.32. The van der Waals surface area contributed by atoms with Gasteiger partial charge in [0.1, 0.15) is 0 Å². The van der Waals surface area contributed by atoms with Crippen LogP contribution < -0.4 is 5.32 Å². The molecule has 1 N–H and O–H groups in total. The van der Waals surface area contributed by atoms with Crippen molar-refractivity contribution >= 4 is 15.9 Å². The van der Waals surface area contributed by atoms with Gasteiger partial charge in [0.25, 0.3) is 0 Å². The zero-order chi connectivity index (χ0) is 11.3. The molecule has 0 saturated heterocycles. The van der Waals surface area contributed by atoms with Gasteiger partial charge in [-0.2, -0.15) is 0 Å². The van der Waals surface area contributed by atoms with Crippen molar-refractivity contribution in [2.75, 3.05) is 6.54 Å². The largest absolute Gasteiger partial charge is 0.310 e. The first-order valence-electron chi connectivity index (χ1n) is 5.69. The Morgan fingerprint density at radius 1 is 1.33 bits per heavy atom. The van der Waals surface area contributed by atoms with Gasteiger partial charge in [0, 0.05) is 10.5 Å². The predicted molar refractivity (Wildman–Crippen MR) is 70.2 cm³/mol. The van der Waals surface area contributed by atoms with Crippen LogP contribution in [0.2, 0.25) is 0 Å². The molecule has 0 aliphatic rings. The summed E-state index contributed by atoms with van der Waals surface area (Å²) in [6.45, 7) is 7.60. The van der Waals surface area contributed by atoms with Crippen molar-refractivity contribution < 1.29 is 0 Å². The highest BCUT2D eigenvalue weighted by Gasteiger charge is 2.12. The van der Waals surface area contributed by atoms with Crippen LogP contribution in [0, 0.1) is 6.92 Å². The molecule has 1 rings (SSSR count). The number of halogens is 1. The number of nitrogens with one attached hydrogen (secondary N) is 1. The molecule has 1 aromatic rings. The van der Waals surface area contributed by atoms with E-state index in [9.17, 15) is 0 Å². The average molecular weight is 270 g/mol. The second kappa shape index (κ2) is 6.29. The van der Waals surface area contributed by atoms with Crippen LogP contribution >= 0.6 is 15.9 Å². The number of hydrogen-bond acceptors (Lipinski definition) is 1. The van der Waals surface area contributed by atoms with E-state index in [1.807, 2.05) is 0 Å². The van der Waals surface area contributed by atoms with Crippen LogP contribution in [-0.4, -0.2) is 6.54 Å². The van der Waals surface area contributed by atoms with Gasteiger partial charge in [-0.15, -0.1) is 0 Å². The monoisotopic (exact) mass is 269 g/mol. The maximum Gasteiger partial charge on any atom is 0.0323 e. The third-order valence-corrected chi connectivity index (χ3v) is 3.57. The summed E-state index contributed by atoms with van der Waals surface area (Å²) in [7, 11) is 0. The zero-order valence-corrected chi connectivity index (χ0v) is 11.4. The van der Waals surface area contributed by atoms with E-state index in [0.29, 0.717) is 6.04 Å². The van der Waals surface area contributed by atoms with E-state index in [0.717, 1.165) is 6.54 Å². The maximum atomic E-state index is 3.59. The van der Waals surface area contributed by atoms with Crippen molar-refractivity contribution in [2.24, 2.45) is 0 Å². The van der Waals surface area contributed by atoms with Crippen molar-refractivity contribution in [3.63, 3.8) is 0 Å². The first-order chi connectivity index (χ1) is 7.20. The zero-order valence-electron chi connectivity index (χ0n) is 9.81. The van der Waals surface area contributed by atoms with Crippen LogP contribution in [0.15, 0.2) is 22.7 Å². The Kier molecular flexibility index (Phi) is 5.34. The molecule has 2 heteroatoms. The molecular formula is C13H20BrN. The molecule has 1 aromatic carbocycles. The smallest absolute Gasteiger partial charge is 0.0323 e. The maximum absolute atomic E-state index is 3.59. The van der Waals surface area contributed by atoms with Crippen LogP contribution in [0.5, 0.6) is 0 Å². The van der Waals surface area contributed by atoms with E-state index in [1.54, 1.807) is 0 Å². The van der Waals surface area contributed by atoms with Gasteiger partial charge in [-0.05, 0) is 37.1 Å². The van der Waals surface area contributed by atoms with Gasteiger partial charge in [-0.25, -0.2) is 0 Å². The van der Waals surface area contributed by atoms with Gasteiger partial charge in [0.15, 0.2) is 0 Å². The molecule has 1 unspecified atom stereocenters. The lowest BCUT2D eigenvalue weighted by Crippen LogP contribution is -2.21. The fraction of sp³-hybridized carbons (Fsp3) is 0.538. The standard InChI is InChI=1S/C13H20BrN/c1-4-7-13(15-5-2)11-8-6-9-12(14)10(11)3/h6,8-9,13,15H,4-5,7H2,1-3H3. The van der Waals surface area contributed by atoms with E-state index >= 15 is 0 Å². The van der Waals surface area contributed by atoms with Gasteiger partial charge >= 0.3 is 0 Å². The molecule has 0 aromatic heterocycles. The van der Waals surface area contributed by atoms with Crippen LogP contribution in [0.25, 0.3) is 0 Å². The predicted octanol–water partition coefficient (Wildman–Crippen LogP) is 4.21. The lowest BCUT2D eigenvalue weighted by Gasteiger charge is -2.20. The topological polar surface area (TPSA) is 12.0 Å². The minimum atomic E-state index is 0.498. The van der Waals surface area contributed by atoms with Gasteiger partial charge in [-0.1, -0.05) is 48.3 Å². The Hall–Kier alpha value is -0.340. The van der Waals surface area contributed by atoms with Crippen LogP contribution in [0.1, 0.15) is 43.9 Å². The summed E-state index contributed by atoms with van der Waals surface area (Å²) in [5.74, 6) is 0. The molecule has 0 spiro atoms. The summed E-state index contributed by atoms with van der Waals surface area (Å²) in [6, 6.07) is 6.95. The second-order valence-electron chi connectivity index (χ2n) is 3.85. The molecule has 1 nitrogen and oxygen atoms in total. The van der Waals surface area contributed by atoms with Crippen molar-refractivity contribution in [1.29, 1.82) is 0 Å². The van der Waals surface area contributed by atoms with Gasteiger partial charge in [0.2, 0.25) is 0 Å². The molecule has 0 bridgehead atoms. The Labute approximate surface area is 101 Å². The Morgan fingerprint density at radius 2 is 2.07 bits per heavy atom. The molecule has 0 radical (unpaired) electrons. The molecule has 84 valence electrons. The first-order valence-corrected chi connectivity index (χ1v) is 6.48. The molecule has 0 saturated carbocycles. The van der Waals surface area contributed by atoms with Crippen molar-refractivity contribution in [3.05, 3.63) is 33.8 Å². The van der Waals surface area contributed by atoms with Gasteiger partial charge < -0.3 is 5.32 Å². The molecule has 1 atom stereocenters. The lowest BCUT2D eigenvalue weighted by atomic mass is 9.98. The second-order valence-corrected chi connectivity index (χ2v) is 4.71. The van der Waals surface area contributed by atoms with Crippen LogP contribution in [-0.2, 0) is 0 Å². The van der Waals surface area contributed by atoms with E-state index in [4.69, 9.17) is 0 Å². The summed E-state index contributed by atoms with van der Waals surface area (Å²) in [5, 5.41) is 3.55. The van der Waals surface area contributed by atoms with Gasteiger partial charge in [-0.3, -0.25) is 0 Å². The third-order valence-electron chi connectivity index (χ3n) is 2.71. The quantitative estimate of drug-likeness (QED) is 0.845. The molecule has 0 heterocycles. The summed E-state index contributed by atoms with van der Waals surface area (Å²) in [6.07, 6.45) is 2.41. The number of benzene rings is 1. The number of hydrogen-bond donors (Lipinski definition) is 1. The minimum absolute atomic E-state index is 0.498. The Bertz CT molecular complexity index is 303. The Morgan fingerprint density at radius 3 is 2.67 bits per heavy atom. The van der Waals surface area contributed by atoms with Crippen molar-refractivity contribution in [2.45, 2.75) is 39.7 Å². The highest BCUT2D eigenvalue weighted by atomic mass is 79.9. The summed E-state index contributed by atoms with van der Waals surface area (Å²) >= 11 is 3.59. The normalized spacial score (nSPS) is 12.8. The summed E-state index contributed by atoms with van der Waals surface area (Å²) in [4.78, 5) is 0. The fourth-order valence-electron chi connectivity index (χ4n) is 1.90. The SMILES string of the molecule is CCCC(NCC)c1cccc(Br)c1C. The van der Waals surface area contributed by atoms with Crippen LogP contribution in [0.4, 0.5) is 0 Å². The molecular weight excluding hydrogens is 250 g/mol. The van der Waals surface area contributed by atoms with Crippen molar-refractivity contribution in [1.82, 2.24) is 5.32 Å². The van der Waals surface area contributed by atoms with Gasteiger partial charge in [0.05, 0.1) is 0 Å². The minimum Gasteiger partial charge on any atom is -0.310 e. The molecule has 15 heavy (non-hydrogen) atoms. The summed E-state index contributed by atoms with van der Waals surface area (Å²) < 4.78 is 1.21. The molecule has 0 aliphatic heterocycles. The highest BCUT2D eigenvalue weighted by Crippen LogP contribution is 2.27. The molecule has 0 fully saturated rings. The Balaban J connectivity index is 2.94. The average Bonchev–Trinajstić information content (AvgIpc) is 2.22. The van der Waals surface area contributed by atoms with E-state index in [2.05, 4.69) is 60.2 Å². The summed E-state index contributed by atoms with van der Waals surface area (Å²) in [5.41, 5.74) is 2.78. The lowest BCUT2D eigenvalue weighted by molar-refractivity contribution is 0.507. The highest BCUT2D eigenvalue weighted by molar-refractivity contribution is 9.10. The first kappa shape index (κ1) is 12.7. The van der Waals surface area contributed by atoms with Crippen LogP contribution in [0.3, 0.4) is 0 Å². The fourth-order valence-corrected chi connectivity index (χ4v) is 2.29. The molecule has 0 aliphatic carbocycles. The van der Waals surface area contributed by atoms with E-state index in [-0.39, 0.29) is 0 Å². The van der Waals surface area contributed by atoms with Crippen molar-refractivity contribution in [3.8, 4) is 0 Å². The number of rotatable bonds is 5. The molecule has 0 amide bonds. The van der Waals surface area contributed by atoms with E-state index < -0.39 is 0 Å². The van der Waals surface area contributed by atoms with E-state index in [1.165, 1.54) is 28.4 Å².